The van der Waals surface area contributed by atoms with Gasteiger partial charge in [0.1, 0.15) is 0 Å². The number of hydrogen-bond acceptors (Lipinski definition) is 4. The molecule has 5 nitrogen and oxygen atoms in total. The smallest absolute Gasteiger partial charge is 0.191 e. The van der Waals surface area contributed by atoms with Crippen LogP contribution < -0.4 is 20.1 Å². The van der Waals surface area contributed by atoms with E-state index in [0.29, 0.717) is 6.54 Å². The fourth-order valence-electron chi connectivity index (χ4n) is 2.64. The minimum Gasteiger partial charge on any atom is -0.493 e. The van der Waals surface area contributed by atoms with Crippen molar-refractivity contribution in [1.29, 1.82) is 0 Å². The van der Waals surface area contributed by atoms with E-state index in [1.54, 1.807) is 25.6 Å². The number of guanidine groups is 1. The molecule has 0 fully saturated rings. The van der Waals surface area contributed by atoms with Crippen LogP contribution in [0.1, 0.15) is 31.2 Å². The Hall–Kier alpha value is -1.48. The van der Waals surface area contributed by atoms with Crippen molar-refractivity contribution in [3.63, 3.8) is 0 Å². The largest absolute Gasteiger partial charge is 0.493 e. The van der Waals surface area contributed by atoms with Gasteiger partial charge in [-0.05, 0) is 24.4 Å². The predicted octanol–water partition coefficient (Wildman–Crippen LogP) is 4.42. The van der Waals surface area contributed by atoms with E-state index in [2.05, 4.69) is 48.9 Å². The van der Waals surface area contributed by atoms with Crippen LogP contribution in [-0.4, -0.2) is 33.3 Å². The summed E-state index contributed by atoms with van der Waals surface area (Å²) in [7, 11) is 3.29. The van der Waals surface area contributed by atoms with Gasteiger partial charge >= 0.3 is 0 Å². The van der Waals surface area contributed by atoms with Gasteiger partial charge < -0.3 is 20.1 Å². The van der Waals surface area contributed by atoms with E-state index in [-0.39, 0.29) is 29.4 Å². The first-order valence-corrected chi connectivity index (χ1v) is 9.65. The molecular formula is C20H30IN3O2S. The van der Waals surface area contributed by atoms with E-state index in [1.807, 2.05) is 18.2 Å². The average molecular weight is 503 g/mol. The first kappa shape index (κ1) is 23.6. The lowest BCUT2D eigenvalue weighted by molar-refractivity contribution is 0.352. The van der Waals surface area contributed by atoms with Crippen LogP contribution in [0.5, 0.6) is 11.5 Å². The Morgan fingerprint density at radius 2 is 1.89 bits per heavy atom. The molecule has 0 spiro atoms. The average Bonchev–Trinajstić information content (AvgIpc) is 3.19. The van der Waals surface area contributed by atoms with Crippen molar-refractivity contribution >= 4 is 41.3 Å². The molecule has 1 aromatic heterocycles. The number of thiophene rings is 1. The number of halogens is 1. The number of nitrogens with one attached hydrogen (secondary N) is 2. The fraction of sp³-hybridized carbons (Fsp3) is 0.450. The minimum absolute atomic E-state index is 0. The van der Waals surface area contributed by atoms with Crippen molar-refractivity contribution in [2.75, 3.05) is 27.3 Å². The second kappa shape index (κ2) is 11.4. The number of hydrogen-bond donors (Lipinski definition) is 2. The van der Waals surface area contributed by atoms with Gasteiger partial charge in [0.25, 0.3) is 0 Å². The number of benzene rings is 1. The molecule has 1 aromatic carbocycles. The molecule has 0 aliphatic heterocycles. The van der Waals surface area contributed by atoms with Crippen molar-refractivity contribution in [2.24, 2.45) is 4.99 Å². The Morgan fingerprint density at radius 1 is 1.11 bits per heavy atom. The normalized spacial score (nSPS) is 11.5. The highest BCUT2D eigenvalue weighted by atomic mass is 127. The highest BCUT2D eigenvalue weighted by molar-refractivity contribution is 14.0. The number of aliphatic imine (C=N–C) groups is 1. The summed E-state index contributed by atoms with van der Waals surface area (Å²) >= 11 is 1.78. The first-order valence-electron chi connectivity index (χ1n) is 8.78. The summed E-state index contributed by atoms with van der Waals surface area (Å²) in [5.74, 6) is 2.24. The lowest BCUT2D eigenvalue weighted by Gasteiger charge is -2.25. The molecule has 7 heteroatoms. The maximum Gasteiger partial charge on any atom is 0.191 e. The Kier molecular flexibility index (Phi) is 9.93. The lowest BCUT2D eigenvalue weighted by atomic mass is 9.91. The molecule has 150 valence electrons. The molecule has 1 heterocycles. The molecule has 0 atom stereocenters. The van der Waals surface area contributed by atoms with Crippen LogP contribution in [0.4, 0.5) is 0 Å². The molecule has 0 radical (unpaired) electrons. The molecule has 0 unspecified atom stereocenters. The Morgan fingerprint density at radius 3 is 2.48 bits per heavy atom. The molecular weight excluding hydrogens is 473 g/mol. The third-order valence-corrected chi connectivity index (χ3v) is 5.36. The monoisotopic (exact) mass is 503 g/mol. The van der Waals surface area contributed by atoms with Crippen LogP contribution in [0.15, 0.2) is 40.7 Å². The third-order valence-electron chi connectivity index (χ3n) is 4.12. The quantitative estimate of drug-likeness (QED) is 0.318. The second-order valence-electron chi connectivity index (χ2n) is 6.56. The highest BCUT2D eigenvalue weighted by Crippen LogP contribution is 2.31. The maximum absolute atomic E-state index is 5.49. The first-order chi connectivity index (χ1) is 12.5. The SMILES string of the molecule is CCNC(=NCc1cccc(OC)c1OC)NCC(C)(C)c1cccs1.I. The lowest BCUT2D eigenvalue weighted by Crippen LogP contribution is -2.43. The van der Waals surface area contributed by atoms with Crippen molar-refractivity contribution in [3.8, 4) is 11.5 Å². The van der Waals surface area contributed by atoms with Crippen LogP contribution in [-0.2, 0) is 12.0 Å². The van der Waals surface area contributed by atoms with Crippen LogP contribution in [0.3, 0.4) is 0 Å². The van der Waals surface area contributed by atoms with E-state index in [9.17, 15) is 0 Å². The van der Waals surface area contributed by atoms with Crippen molar-refractivity contribution in [3.05, 3.63) is 46.2 Å². The number of nitrogens with zero attached hydrogens (tertiary/aromatic N) is 1. The van der Waals surface area contributed by atoms with Crippen molar-refractivity contribution < 1.29 is 9.47 Å². The molecule has 27 heavy (non-hydrogen) atoms. The minimum atomic E-state index is 0. The standard InChI is InChI=1S/C20H29N3O2S.HI/c1-6-21-19(23-14-20(2,3)17-11-8-12-26-17)22-13-15-9-7-10-16(24-4)18(15)25-5;/h7-12H,6,13-14H2,1-5H3,(H2,21,22,23);1H. The van der Waals surface area contributed by atoms with Crippen LogP contribution >= 0.6 is 35.3 Å². The van der Waals surface area contributed by atoms with E-state index >= 15 is 0 Å². The number of ether oxygens (including phenoxy) is 2. The van der Waals surface area contributed by atoms with E-state index in [1.165, 1.54) is 4.88 Å². The summed E-state index contributed by atoms with van der Waals surface area (Å²) in [4.78, 5) is 6.07. The molecule has 2 N–H and O–H groups in total. The van der Waals surface area contributed by atoms with Gasteiger partial charge in [-0.1, -0.05) is 32.0 Å². The zero-order valence-electron chi connectivity index (χ0n) is 16.7. The fourth-order valence-corrected chi connectivity index (χ4v) is 3.49. The van der Waals surface area contributed by atoms with Gasteiger partial charge in [-0.15, -0.1) is 35.3 Å². The molecule has 0 aliphatic rings. The Balaban J connectivity index is 0.00000364. The molecule has 0 aliphatic carbocycles. The van der Waals surface area contributed by atoms with E-state index in [4.69, 9.17) is 14.5 Å². The highest BCUT2D eigenvalue weighted by Gasteiger charge is 2.22. The summed E-state index contributed by atoms with van der Waals surface area (Å²) < 4.78 is 10.9. The molecule has 0 amide bonds. The summed E-state index contributed by atoms with van der Waals surface area (Å²) in [5, 5.41) is 8.88. The predicted molar refractivity (Wildman–Crippen MR) is 125 cm³/mol. The number of para-hydroxylation sites is 1. The van der Waals surface area contributed by atoms with Gasteiger partial charge in [-0.3, -0.25) is 0 Å². The van der Waals surface area contributed by atoms with Gasteiger partial charge in [0.05, 0.1) is 20.8 Å². The summed E-state index contributed by atoms with van der Waals surface area (Å²) in [6, 6.07) is 10.1. The number of methoxy groups -OCH3 is 2. The van der Waals surface area contributed by atoms with Gasteiger partial charge in [0, 0.05) is 28.9 Å². The van der Waals surface area contributed by atoms with Gasteiger partial charge in [0.15, 0.2) is 17.5 Å². The Bertz CT molecular complexity index is 718. The molecule has 2 aromatic rings. The van der Waals surface area contributed by atoms with E-state index in [0.717, 1.165) is 36.1 Å². The third kappa shape index (κ3) is 6.57. The molecule has 0 saturated carbocycles. The Labute approximate surface area is 183 Å². The van der Waals surface area contributed by atoms with Gasteiger partial charge in [0.2, 0.25) is 0 Å². The van der Waals surface area contributed by atoms with Crippen LogP contribution in [0.2, 0.25) is 0 Å². The second-order valence-corrected chi connectivity index (χ2v) is 7.51. The summed E-state index contributed by atoms with van der Waals surface area (Å²) in [6.45, 7) is 8.65. The van der Waals surface area contributed by atoms with Crippen LogP contribution in [0.25, 0.3) is 0 Å². The van der Waals surface area contributed by atoms with Gasteiger partial charge in [-0.2, -0.15) is 0 Å². The molecule has 2 rings (SSSR count). The van der Waals surface area contributed by atoms with E-state index < -0.39 is 0 Å². The molecule has 0 bridgehead atoms. The summed E-state index contributed by atoms with van der Waals surface area (Å²) in [5.41, 5.74) is 1.03. The van der Waals surface area contributed by atoms with Crippen molar-refractivity contribution in [2.45, 2.75) is 32.7 Å². The zero-order valence-corrected chi connectivity index (χ0v) is 19.8. The van der Waals surface area contributed by atoms with Crippen molar-refractivity contribution in [1.82, 2.24) is 10.6 Å². The topological polar surface area (TPSA) is 54.9 Å². The zero-order chi connectivity index (χ0) is 19.0. The van der Waals surface area contributed by atoms with Gasteiger partial charge in [-0.25, -0.2) is 4.99 Å². The maximum atomic E-state index is 5.49. The summed E-state index contributed by atoms with van der Waals surface area (Å²) in [6.07, 6.45) is 0. The molecule has 0 saturated heterocycles. The van der Waals surface area contributed by atoms with Crippen LogP contribution in [0, 0.1) is 0 Å². The number of rotatable bonds is 8.